The molecule has 1 atom stereocenters. The van der Waals surface area contributed by atoms with Gasteiger partial charge in [-0.15, -0.1) is 0 Å². The van der Waals surface area contributed by atoms with Crippen molar-refractivity contribution in [3.8, 4) is 0 Å². The molecule has 22 heavy (non-hydrogen) atoms. The van der Waals surface area contributed by atoms with E-state index in [2.05, 4.69) is 15.3 Å². The van der Waals surface area contributed by atoms with Crippen molar-refractivity contribution in [2.24, 2.45) is 0 Å². The summed E-state index contributed by atoms with van der Waals surface area (Å²) in [6.45, 7) is 3.29. The summed E-state index contributed by atoms with van der Waals surface area (Å²) in [5.41, 5.74) is 0.533. The normalized spacial score (nSPS) is 16.1. The van der Waals surface area contributed by atoms with Gasteiger partial charge >= 0.3 is 6.18 Å². The molecule has 0 saturated carbocycles. The Labute approximate surface area is 126 Å². The van der Waals surface area contributed by atoms with Gasteiger partial charge in [0.2, 0.25) is 5.91 Å². The SMILES string of the molecule is C[C@@H](Nc1cc(CCCC(F)(F)F)ncn1)C(=O)N1CCC1. The molecule has 1 aromatic heterocycles. The molecule has 2 heterocycles. The van der Waals surface area contributed by atoms with E-state index in [0.717, 1.165) is 19.5 Å². The van der Waals surface area contributed by atoms with Crippen LogP contribution in [-0.2, 0) is 11.2 Å². The highest BCUT2D eigenvalue weighted by Gasteiger charge is 2.26. The van der Waals surface area contributed by atoms with Crippen LogP contribution in [0, 0.1) is 0 Å². The maximum atomic E-state index is 12.1. The van der Waals surface area contributed by atoms with Crippen LogP contribution in [-0.4, -0.2) is 46.1 Å². The average Bonchev–Trinajstić information content (AvgIpc) is 2.35. The number of carbonyl (C=O) groups excluding carboxylic acids is 1. The highest BCUT2D eigenvalue weighted by atomic mass is 19.4. The van der Waals surface area contributed by atoms with E-state index >= 15 is 0 Å². The molecule has 1 saturated heterocycles. The van der Waals surface area contributed by atoms with E-state index in [4.69, 9.17) is 0 Å². The molecule has 0 aliphatic carbocycles. The lowest BCUT2D eigenvalue weighted by atomic mass is 10.1. The van der Waals surface area contributed by atoms with Crippen LogP contribution in [0.15, 0.2) is 12.4 Å². The largest absolute Gasteiger partial charge is 0.389 e. The minimum absolute atomic E-state index is 0.00323. The number of amides is 1. The van der Waals surface area contributed by atoms with Gasteiger partial charge in [-0.05, 0) is 26.2 Å². The second-order valence-corrected chi connectivity index (χ2v) is 5.41. The van der Waals surface area contributed by atoms with E-state index in [1.165, 1.54) is 6.33 Å². The zero-order valence-electron chi connectivity index (χ0n) is 12.4. The summed E-state index contributed by atoms with van der Waals surface area (Å²) >= 11 is 0. The molecule has 0 bridgehead atoms. The minimum Gasteiger partial charge on any atom is -0.359 e. The number of likely N-dealkylation sites (tertiary alicyclic amines) is 1. The molecule has 122 valence electrons. The van der Waals surface area contributed by atoms with Crippen LogP contribution in [0.4, 0.5) is 19.0 Å². The number of alkyl halides is 3. The third-order valence-corrected chi connectivity index (χ3v) is 3.52. The van der Waals surface area contributed by atoms with E-state index in [-0.39, 0.29) is 18.7 Å². The second-order valence-electron chi connectivity index (χ2n) is 5.41. The lowest BCUT2D eigenvalue weighted by Crippen LogP contribution is -2.48. The number of rotatable bonds is 6. The molecule has 1 aliphatic rings. The first-order chi connectivity index (χ1) is 10.3. The van der Waals surface area contributed by atoms with Crippen molar-refractivity contribution in [2.45, 2.75) is 44.8 Å². The van der Waals surface area contributed by atoms with Gasteiger partial charge in [-0.1, -0.05) is 0 Å². The molecule has 5 nitrogen and oxygen atoms in total. The summed E-state index contributed by atoms with van der Waals surface area (Å²) in [4.78, 5) is 21.7. The van der Waals surface area contributed by atoms with Crippen LogP contribution in [0.2, 0.25) is 0 Å². The molecule has 0 radical (unpaired) electrons. The predicted molar refractivity (Wildman–Crippen MR) is 75.3 cm³/mol. The molecule has 8 heteroatoms. The van der Waals surface area contributed by atoms with E-state index in [1.54, 1.807) is 17.9 Å². The van der Waals surface area contributed by atoms with Crippen LogP contribution < -0.4 is 5.32 Å². The Kier molecular flexibility index (Phi) is 5.20. The van der Waals surface area contributed by atoms with Crippen molar-refractivity contribution in [3.63, 3.8) is 0 Å². The molecule has 1 aromatic rings. The van der Waals surface area contributed by atoms with Gasteiger partial charge in [0.15, 0.2) is 0 Å². The van der Waals surface area contributed by atoms with E-state index < -0.39 is 18.6 Å². The standard InChI is InChI=1S/C14H19F3N4O/c1-10(13(22)21-6-3-7-21)20-12-8-11(18-9-19-12)4-2-5-14(15,16)17/h8-10H,2-7H2,1H3,(H,18,19,20)/t10-/m1/s1. The molecule has 1 fully saturated rings. The first-order valence-electron chi connectivity index (χ1n) is 7.28. The fourth-order valence-corrected chi connectivity index (χ4v) is 2.18. The quantitative estimate of drug-likeness (QED) is 0.875. The van der Waals surface area contributed by atoms with Crippen LogP contribution in [0.25, 0.3) is 0 Å². The first kappa shape index (κ1) is 16.5. The van der Waals surface area contributed by atoms with Crippen LogP contribution in [0.5, 0.6) is 0 Å². The van der Waals surface area contributed by atoms with Crippen molar-refractivity contribution < 1.29 is 18.0 Å². The zero-order chi connectivity index (χ0) is 16.2. The molecule has 0 unspecified atom stereocenters. The fourth-order valence-electron chi connectivity index (χ4n) is 2.18. The summed E-state index contributed by atoms with van der Waals surface area (Å²) in [6, 6.07) is 1.18. The van der Waals surface area contributed by atoms with Crippen molar-refractivity contribution in [3.05, 3.63) is 18.1 Å². The Bertz CT molecular complexity index is 517. The van der Waals surface area contributed by atoms with Crippen molar-refractivity contribution in [1.82, 2.24) is 14.9 Å². The Morgan fingerprint density at radius 3 is 2.73 bits per heavy atom. The van der Waals surface area contributed by atoms with Gasteiger partial charge < -0.3 is 10.2 Å². The highest BCUT2D eigenvalue weighted by Crippen LogP contribution is 2.22. The van der Waals surface area contributed by atoms with Gasteiger partial charge in [-0.3, -0.25) is 4.79 Å². The minimum atomic E-state index is -4.15. The Balaban J connectivity index is 1.86. The fraction of sp³-hybridized carbons (Fsp3) is 0.643. The van der Waals surface area contributed by atoms with Crippen LogP contribution in [0.3, 0.4) is 0 Å². The molecule has 1 aliphatic heterocycles. The van der Waals surface area contributed by atoms with Crippen LogP contribution in [0.1, 0.15) is 31.9 Å². The highest BCUT2D eigenvalue weighted by molar-refractivity contribution is 5.84. The molecule has 1 N–H and O–H groups in total. The Hall–Kier alpha value is -1.86. The smallest absolute Gasteiger partial charge is 0.359 e. The van der Waals surface area contributed by atoms with Gasteiger partial charge in [0, 0.05) is 31.3 Å². The molecular formula is C14H19F3N4O. The number of halogens is 3. The van der Waals surface area contributed by atoms with Crippen LogP contribution >= 0.6 is 0 Å². The van der Waals surface area contributed by atoms with Gasteiger partial charge in [0.1, 0.15) is 18.2 Å². The first-order valence-corrected chi connectivity index (χ1v) is 7.28. The molecule has 1 amide bonds. The summed E-state index contributed by atoms with van der Waals surface area (Å²) in [5.74, 6) is 0.460. The van der Waals surface area contributed by atoms with Crippen molar-refractivity contribution in [1.29, 1.82) is 0 Å². The molecule has 2 rings (SSSR count). The number of hydrogen-bond donors (Lipinski definition) is 1. The maximum absolute atomic E-state index is 12.1. The summed E-state index contributed by atoms with van der Waals surface area (Å²) in [6.07, 6.45) is -2.44. The second kappa shape index (κ2) is 6.93. The third kappa shape index (κ3) is 4.85. The third-order valence-electron chi connectivity index (χ3n) is 3.52. The number of aromatic nitrogens is 2. The summed E-state index contributed by atoms with van der Waals surface area (Å²) in [7, 11) is 0. The predicted octanol–water partition coefficient (Wildman–Crippen LogP) is 2.39. The summed E-state index contributed by atoms with van der Waals surface area (Å²) < 4.78 is 36.4. The van der Waals surface area contributed by atoms with Crippen molar-refractivity contribution in [2.75, 3.05) is 18.4 Å². The van der Waals surface area contributed by atoms with Gasteiger partial charge in [-0.25, -0.2) is 9.97 Å². The molecule has 0 spiro atoms. The monoisotopic (exact) mass is 316 g/mol. The Morgan fingerprint density at radius 1 is 1.41 bits per heavy atom. The number of nitrogens with zero attached hydrogens (tertiary/aromatic N) is 3. The zero-order valence-corrected chi connectivity index (χ0v) is 12.4. The lowest BCUT2D eigenvalue weighted by molar-refractivity contribution is -0.136. The number of anilines is 1. The number of aryl methyl sites for hydroxylation is 1. The van der Waals surface area contributed by atoms with Crippen molar-refractivity contribution >= 4 is 11.7 Å². The number of hydrogen-bond acceptors (Lipinski definition) is 4. The summed E-state index contributed by atoms with van der Waals surface area (Å²) in [5, 5.41) is 2.97. The van der Waals surface area contributed by atoms with E-state index in [0.29, 0.717) is 11.5 Å². The topological polar surface area (TPSA) is 58.1 Å². The molecule has 0 aromatic carbocycles. The van der Waals surface area contributed by atoms with Gasteiger partial charge in [0.05, 0.1) is 0 Å². The molecular weight excluding hydrogens is 297 g/mol. The average molecular weight is 316 g/mol. The van der Waals surface area contributed by atoms with Gasteiger partial charge in [0.25, 0.3) is 0 Å². The Morgan fingerprint density at radius 2 is 2.14 bits per heavy atom. The lowest BCUT2D eigenvalue weighted by Gasteiger charge is -2.33. The number of carbonyl (C=O) groups is 1. The van der Waals surface area contributed by atoms with Gasteiger partial charge in [-0.2, -0.15) is 13.2 Å². The van der Waals surface area contributed by atoms with E-state index in [1.807, 2.05) is 0 Å². The van der Waals surface area contributed by atoms with E-state index in [9.17, 15) is 18.0 Å². The maximum Gasteiger partial charge on any atom is 0.389 e. The number of nitrogens with one attached hydrogen (secondary N) is 1.